The van der Waals surface area contributed by atoms with E-state index in [9.17, 15) is 29.4 Å². The second-order valence-electron chi connectivity index (χ2n) is 8.73. The minimum absolute atomic E-state index is 0.296. The molecule has 256 valence electrons. The minimum atomic E-state index is -1.84. The Balaban J connectivity index is 0.000000336. The summed E-state index contributed by atoms with van der Waals surface area (Å²) in [5, 5.41) is 35.7. The zero-order valence-electron chi connectivity index (χ0n) is 24.0. The van der Waals surface area contributed by atoms with Crippen LogP contribution in [0.3, 0.4) is 0 Å². The SMILES string of the molecule is Cc1ccc[nH+]c1N.Cc1ccc[nH+]c1N.O=C(O)c1c(Cl)c(Cl)c(Cl)c(Cl)c1C(=O)O.O=C([O-])c1c(Cl)c(Cl)c(Cl)c(Cl)c1C(=O)[O-]. The number of hydrogen-bond acceptors (Lipinski definition) is 8. The number of aromatic amines is 2. The fourth-order valence-corrected chi connectivity index (χ4v) is 5.14. The van der Waals surface area contributed by atoms with Crippen LogP contribution in [0.25, 0.3) is 0 Å². The van der Waals surface area contributed by atoms with Crippen LogP contribution in [0, 0.1) is 13.8 Å². The van der Waals surface area contributed by atoms with E-state index < -0.39 is 66.2 Å². The number of carbonyl (C=O) groups is 4. The Morgan fingerprint density at radius 3 is 0.958 bits per heavy atom. The predicted octanol–water partition coefficient (Wildman–Crippen LogP) is 5.51. The van der Waals surface area contributed by atoms with Gasteiger partial charge in [0.2, 0.25) is 0 Å². The van der Waals surface area contributed by atoms with Crippen molar-refractivity contribution in [2.24, 2.45) is 0 Å². The molecule has 0 aliphatic rings. The summed E-state index contributed by atoms with van der Waals surface area (Å²) < 4.78 is 0. The van der Waals surface area contributed by atoms with Gasteiger partial charge in [-0.2, -0.15) is 0 Å². The molecule has 0 saturated heterocycles. The highest BCUT2D eigenvalue weighted by atomic mass is 35.5. The van der Waals surface area contributed by atoms with Gasteiger partial charge in [0.05, 0.1) is 75.6 Å². The standard InChI is InChI=1S/2C8H2Cl4O4.2C6H8N2/c2*9-3-1(7(13)14)2(8(15)16)4(10)6(12)5(3)11;2*1-5-3-2-4-8-6(5)7/h2*(H,13,14)(H,15,16);2*2-4H,1H3,(H2,7,8). The normalized spacial score (nSPS) is 9.88. The van der Waals surface area contributed by atoms with E-state index >= 15 is 0 Å². The number of carboxylic acid groups (broad SMARTS) is 4. The first-order valence-corrected chi connectivity index (χ1v) is 15.3. The molecule has 2 aromatic heterocycles. The monoisotopic (exact) mass is 820 g/mol. The highest BCUT2D eigenvalue weighted by molar-refractivity contribution is 6.55. The van der Waals surface area contributed by atoms with Crippen LogP contribution in [-0.4, -0.2) is 34.1 Å². The minimum Gasteiger partial charge on any atom is -0.545 e. The van der Waals surface area contributed by atoms with Crippen molar-refractivity contribution in [1.82, 2.24) is 0 Å². The van der Waals surface area contributed by atoms with Crippen LogP contribution in [0.1, 0.15) is 52.6 Å². The second kappa shape index (κ2) is 18.9. The van der Waals surface area contributed by atoms with E-state index in [0.29, 0.717) is 0 Å². The third-order valence-electron chi connectivity index (χ3n) is 5.58. The highest BCUT2D eigenvalue weighted by Gasteiger charge is 2.28. The second-order valence-corrected chi connectivity index (χ2v) is 11.8. The predicted molar refractivity (Wildman–Crippen MR) is 180 cm³/mol. The topological polar surface area (TPSA) is 235 Å². The van der Waals surface area contributed by atoms with Crippen molar-refractivity contribution in [3.63, 3.8) is 0 Å². The van der Waals surface area contributed by atoms with Gasteiger partial charge in [-0.3, -0.25) is 11.5 Å². The lowest BCUT2D eigenvalue weighted by atomic mass is 10.1. The van der Waals surface area contributed by atoms with E-state index in [4.69, 9.17) is 114 Å². The van der Waals surface area contributed by atoms with Gasteiger partial charge in [0.15, 0.2) is 0 Å². The van der Waals surface area contributed by atoms with Crippen molar-refractivity contribution in [2.45, 2.75) is 13.8 Å². The van der Waals surface area contributed by atoms with Crippen LogP contribution in [0.4, 0.5) is 11.6 Å². The molecule has 0 fully saturated rings. The molecule has 0 saturated carbocycles. The number of carboxylic acids is 4. The molecule has 48 heavy (non-hydrogen) atoms. The molecule has 4 aromatic rings. The Bertz CT molecular complexity index is 1630. The number of nitrogen functional groups attached to an aromatic ring is 2. The highest BCUT2D eigenvalue weighted by Crippen LogP contribution is 2.42. The molecule has 0 aliphatic heterocycles. The lowest BCUT2D eigenvalue weighted by Gasteiger charge is -2.17. The Labute approximate surface area is 311 Å². The third kappa shape index (κ3) is 10.8. The van der Waals surface area contributed by atoms with Crippen molar-refractivity contribution >= 4 is 128 Å². The van der Waals surface area contributed by atoms with Crippen molar-refractivity contribution in [2.75, 3.05) is 11.5 Å². The number of nitrogens with one attached hydrogen (secondary N) is 2. The number of carbonyl (C=O) groups excluding carboxylic acids is 2. The van der Waals surface area contributed by atoms with Crippen molar-refractivity contribution < 1.29 is 49.6 Å². The smallest absolute Gasteiger partial charge is 0.338 e. The maximum absolute atomic E-state index is 10.9. The Hall–Kier alpha value is -3.46. The van der Waals surface area contributed by atoms with Crippen LogP contribution in [0.15, 0.2) is 36.7 Å². The first kappa shape index (κ1) is 42.6. The van der Waals surface area contributed by atoms with E-state index in [2.05, 4.69) is 9.97 Å². The number of aromatic carboxylic acids is 4. The molecule has 0 atom stereocenters. The van der Waals surface area contributed by atoms with Crippen molar-refractivity contribution in [1.29, 1.82) is 0 Å². The number of aromatic nitrogens is 2. The first-order valence-electron chi connectivity index (χ1n) is 12.2. The maximum Gasteiger partial charge on any atom is 0.338 e. The average molecular weight is 824 g/mol. The molecule has 0 aliphatic carbocycles. The van der Waals surface area contributed by atoms with Crippen LogP contribution in [0.2, 0.25) is 40.2 Å². The van der Waals surface area contributed by atoms with Crippen LogP contribution in [-0.2, 0) is 0 Å². The fourth-order valence-electron chi connectivity index (χ4n) is 3.12. The zero-order chi connectivity index (χ0) is 37.2. The number of hydrogen-bond donors (Lipinski definition) is 4. The number of halogens is 8. The molecule has 0 amide bonds. The van der Waals surface area contributed by atoms with E-state index in [0.717, 1.165) is 22.8 Å². The quantitative estimate of drug-likeness (QED) is 0.149. The summed E-state index contributed by atoms with van der Waals surface area (Å²) in [6.07, 6.45) is 3.62. The Morgan fingerprint density at radius 2 is 0.792 bits per heavy atom. The largest absolute Gasteiger partial charge is 0.545 e. The van der Waals surface area contributed by atoms with Crippen molar-refractivity contribution in [3.8, 4) is 0 Å². The molecule has 4 rings (SSSR count). The van der Waals surface area contributed by atoms with E-state index in [1.165, 1.54) is 0 Å². The number of rotatable bonds is 4. The van der Waals surface area contributed by atoms with Crippen LogP contribution >= 0.6 is 92.8 Å². The van der Waals surface area contributed by atoms with E-state index in [-0.39, 0.29) is 20.1 Å². The summed E-state index contributed by atoms with van der Waals surface area (Å²) in [6.45, 7) is 3.93. The molecule has 0 unspecified atom stereocenters. The van der Waals surface area contributed by atoms with Gasteiger partial charge >= 0.3 is 11.9 Å². The number of benzene rings is 2. The molecule has 20 heteroatoms. The zero-order valence-corrected chi connectivity index (χ0v) is 30.0. The van der Waals surface area contributed by atoms with Gasteiger partial charge in [-0.05, 0) is 38.1 Å². The number of nitrogens with two attached hydrogens (primary N) is 2. The Morgan fingerprint density at radius 1 is 0.542 bits per heavy atom. The molecular formula is C28H20Cl8N4O8. The molecule has 8 N–H and O–H groups in total. The van der Waals surface area contributed by atoms with E-state index in [1.807, 2.05) is 50.5 Å². The molecular weight excluding hydrogens is 804 g/mol. The molecule has 0 bridgehead atoms. The van der Waals surface area contributed by atoms with Gasteiger partial charge in [0.1, 0.15) is 0 Å². The summed E-state index contributed by atoms with van der Waals surface area (Å²) in [4.78, 5) is 48.9. The molecule has 2 aromatic carbocycles. The third-order valence-corrected chi connectivity index (χ3v) is 9.19. The lowest BCUT2D eigenvalue weighted by molar-refractivity contribution is -0.361. The first-order chi connectivity index (χ1) is 22.2. The number of pyridine rings is 2. The lowest BCUT2D eigenvalue weighted by Crippen LogP contribution is -2.31. The average Bonchev–Trinajstić information content (AvgIpc) is 3.01. The molecule has 0 spiro atoms. The summed E-state index contributed by atoms with van der Waals surface area (Å²) in [6, 6.07) is 7.77. The molecule has 0 radical (unpaired) electrons. The van der Waals surface area contributed by atoms with Crippen LogP contribution < -0.4 is 31.6 Å². The van der Waals surface area contributed by atoms with Gasteiger partial charge in [0, 0.05) is 22.3 Å². The number of H-pyrrole nitrogens is 2. The summed E-state index contributed by atoms with van der Waals surface area (Å²) in [5.41, 5.74) is 10.0. The van der Waals surface area contributed by atoms with Crippen molar-refractivity contribution in [3.05, 3.63) is 110 Å². The maximum atomic E-state index is 10.9. The molecule has 12 nitrogen and oxygen atoms in total. The van der Waals surface area contributed by atoms with Crippen LogP contribution in [0.5, 0.6) is 0 Å². The number of anilines is 2. The van der Waals surface area contributed by atoms with Gasteiger partial charge < -0.3 is 30.0 Å². The Kier molecular flexibility index (Phi) is 16.8. The summed E-state index contributed by atoms with van der Waals surface area (Å²) in [7, 11) is 0. The van der Waals surface area contributed by atoms with Gasteiger partial charge in [0.25, 0.3) is 11.6 Å². The molecule has 2 heterocycles. The van der Waals surface area contributed by atoms with E-state index in [1.54, 1.807) is 0 Å². The van der Waals surface area contributed by atoms with Gasteiger partial charge in [-0.15, -0.1) is 0 Å². The number of aryl methyl sites for hydroxylation is 2. The van der Waals surface area contributed by atoms with Gasteiger partial charge in [-0.1, -0.05) is 92.8 Å². The fraction of sp³-hybridized carbons (Fsp3) is 0.0714. The van der Waals surface area contributed by atoms with Gasteiger partial charge in [-0.25, -0.2) is 19.6 Å². The summed E-state index contributed by atoms with van der Waals surface area (Å²) in [5.74, 6) is -5.31. The summed E-state index contributed by atoms with van der Waals surface area (Å²) >= 11 is 44.6.